The Labute approximate surface area is 110 Å². The second-order valence-corrected chi connectivity index (χ2v) is 4.87. The largest absolute Gasteiger partial charge is 0.462 e. The Bertz CT molecular complexity index is 535. The van der Waals surface area contributed by atoms with Gasteiger partial charge in [-0.05, 0) is 47.0 Å². The average molecular weight is 261 g/mol. The summed E-state index contributed by atoms with van der Waals surface area (Å²) in [5, 5.41) is 4.07. The van der Waals surface area contributed by atoms with Gasteiger partial charge in [0.05, 0.1) is 12.2 Å². The number of benzene rings is 1. The van der Waals surface area contributed by atoms with E-state index in [0.717, 1.165) is 12.0 Å². The molecule has 3 nitrogen and oxygen atoms in total. The molecule has 1 aromatic carbocycles. The van der Waals surface area contributed by atoms with E-state index in [1.165, 1.54) is 5.56 Å². The van der Waals surface area contributed by atoms with Crippen molar-refractivity contribution in [1.29, 1.82) is 0 Å². The highest BCUT2D eigenvalue weighted by molar-refractivity contribution is 7.07. The predicted molar refractivity (Wildman–Crippen MR) is 73.9 cm³/mol. The third-order valence-electron chi connectivity index (χ3n) is 2.72. The number of carbonyl (C=O) groups is 1. The normalized spacial score (nSPS) is 10.3. The predicted octanol–water partition coefficient (Wildman–Crippen LogP) is 3.04. The Morgan fingerprint density at radius 2 is 2.22 bits per heavy atom. The second kappa shape index (κ2) is 5.69. The number of esters is 1. The van der Waals surface area contributed by atoms with Crippen LogP contribution in [-0.2, 0) is 11.2 Å². The Morgan fingerprint density at radius 3 is 2.89 bits per heavy atom. The fourth-order valence-electron chi connectivity index (χ4n) is 1.55. The molecule has 2 aromatic rings. The molecule has 0 atom stereocenters. The maximum absolute atomic E-state index is 11.8. The van der Waals surface area contributed by atoms with Crippen molar-refractivity contribution in [2.45, 2.75) is 13.3 Å². The van der Waals surface area contributed by atoms with Gasteiger partial charge in [-0.1, -0.05) is 6.07 Å². The Morgan fingerprint density at radius 1 is 1.39 bits per heavy atom. The third kappa shape index (κ3) is 3.11. The monoisotopic (exact) mass is 261 g/mol. The van der Waals surface area contributed by atoms with Crippen LogP contribution in [0.15, 0.2) is 35.0 Å². The minimum atomic E-state index is -0.322. The zero-order valence-electron chi connectivity index (χ0n) is 10.2. The Hall–Kier alpha value is -1.81. The zero-order chi connectivity index (χ0) is 13.0. The van der Waals surface area contributed by atoms with Gasteiger partial charge >= 0.3 is 5.97 Å². The maximum Gasteiger partial charge on any atom is 0.338 e. The molecule has 2 rings (SSSR count). The summed E-state index contributed by atoms with van der Waals surface area (Å²) in [6.45, 7) is 2.30. The molecule has 0 fully saturated rings. The number of anilines is 1. The van der Waals surface area contributed by atoms with Crippen molar-refractivity contribution in [3.8, 4) is 0 Å². The highest BCUT2D eigenvalue weighted by Gasteiger charge is 2.08. The molecule has 0 spiro atoms. The summed E-state index contributed by atoms with van der Waals surface area (Å²) in [6.07, 6.45) is 0.747. The van der Waals surface area contributed by atoms with Crippen LogP contribution in [0.5, 0.6) is 0 Å². The van der Waals surface area contributed by atoms with Gasteiger partial charge < -0.3 is 10.5 Å². The van der Waals surface area contributed by atoms with E-state index in [0.29, 0.717) is 17.9 Å². The molecule has 0 amide bonds. The lowest BCUT2D eigenvalue weighted by atomic mass is 10.1. The van der Waals surface area contributed by atoms with Crippen molar-refractivity contribution >= 4 is 23.0 Å². The van der Waals surface area contributed by atoms with E-state index in [1.54, 1.807) is 23.5 Å². The summed E-state index contributed by atoms with van der Waals surface area (Å²) in [5.41, 5.74) is 9.03. The molecule has 0 aliphatic heterocycles. The zero-order valence-corrected chi connectivity index (χ0v) is 11.0. The second-order valence-electron chi connectivity index (χ2n) is 4.09. The summed E-state index contributed by atoms with van der Waals surface area (Å²) >= 11 is 1.64. The Kier molecular flexibility index (Phi) is 3.99. The first kappa shape index (κ1) is 12.6. The number of hydrogen-bond donors (Lipinski definition) is 1. The first-order chi connectivity index (χ1) is 8.66. The number of aryl methyl sites for hydroxylation is 1. The van der Waals surface area contributed by atoms with Crippen molar-refractivity contribution in [3.63, 3.8) is 0 Å². The number of nitrogen functional groups attached to an aromatic ring is 1. The number of nitrogens with two attached hydrogens (primary N) is 1. The first-order valence-corrected chi connectivity index (χ1v) is 6.65. The molecule has 0 radical (unpaired) electrons. The van der Waals surface area contributed by atoms with Gasteiger partial charge in [-0.25, -0.2) is 4.79 Å². The van der Waals surface area contributed by atoms with E-state index in [-0.39, 0.29) is 5.97 Å². The smallest absolute Gasteiger partial charge is 0.338 e. The molecule has 1 aromatic heterocycles. The average Bonchev–Trinajstić information content (AvgIpc) is 2.85. The van der Waals surface area contributed by atoms with Gasteiger partial charge in [-0.2, -0.15) is 11.3 Å². The first-order valence-electron chi connectivity index (χ1n) is 5.71. The van der Waals surface area contributed by atoms with Crippen molar-refractivity contribution in [2.24, 2.45) is 0 Å². The van der Waals surface area contributed by atoms with E-state index in [2.05, 4.69) is 5.38 Å². The van der Waals surface area contributed by atoms with Crippen LogP contribution in [0.2, 0.25) is 0 Å². The van der Waals surface area contributed by atoms with Gasteiger partial charge in [0.15, 0.2) is 0 Å². The number of rotatable bonds is 4. The van der Waals surface area contributed by atoms with Crippen LogP contribution in [0.1, 0.15) is 21.5 Å². The molecule has 0 saturated heterocycles. The number of ether oxygens (including phenoxy) is 1. The summed E-state index contributed by atoms with van der Waals surface area (Å²) in [5.74, 6) is -0.322. The van der Waals surface area contributed by atoms with E-state index in [4.69, 9.17) is 10.5 Å². The molecule has 4 heteroatoms. The van der Waals surface area contributed by atoms with Gasteiger partial charge in [0, 0.05) is 12.1 Å². The highest BCUT2D eigenvalue weighted by Crippen LogP contribution is 2.14. The van der Waals surface area contributed by atoms with Crippen LogP contribution in [0.25, 0.3) is 0 Å². The molecule has 1 heterocycles. The van der Waals surface area contributed by atoms with E-state index >= 15 is 0 Å². The summed E-state index contributed by atoms with van der Waals surface area (Å²) in [7, 11) is 0. The van der Waals surface area contributed by atoms with Crippen LogP contribution < -0.4 is 5.73 Å². The SMILES string of the molecule is Cc1ccc(C(=O)OCCc2ccsc2)cc1N. The van der Waals surface area contributed by atoms with Gasteiger partial charge in [-0.3, -0.25) is 0 Å². The lowest BCUT2D eigenvalue weighted by Gasteiger charge is -2.06. The topological polar surface area (TPSA) is 52.3 Å². The number of carbonyl (C=O) groups excluding carboxylic acids is 1. The van der Waals surface area contributed by atoms with Gasteiger partial charge in [-0.15, -0.1) is 0 Å². The molecular weight excluding hydrogens is 246 g/mol. The lowest BCUT2D eigenvalue weighted by Crippen LogP contribution is -2.08. The van der Waals surface area contributed by atoms with Crippen molar-refractivity contribution < 1.29 is 9.53 Å². The molecule has 18 heavy (non-hydrogen) atoms. The fraction of sp³-hybridized carbons (Fsp3) is 0.214. The molecule has 0 aliphatic carbocycles. The molecule has 0 saturated carbocycles. The number of thiophene rings is 1. The maximum atomic E-state index is 11.8. The molecule has 2 N–H and O–H groups in total. The van der Waals surface area contributed by atoms with Crippen LogP contribution in [0.4, 0.5) is 5.69 Å². The summed E-state index contributed by atoms with van der Waals surface area (Å²) < 4.78 is 5.21. The lowest BCUT2D eigenvalue weighted by molar-refractivity contribution is 0.0509. The van der Waals surface area contributed by atoms with Gasteiger partial charge in [0.1, 0.15) is 0 Å². The molecular formula is C14H15NO2S. The highest BCUT2D eigenvalue weighted by atomic mass is 32.1. The van der Waals surface area contributed by atoms with Crippen molar-refractivity contribution in [3.05, 3.63) is 51.7 Å². The van der Waals surface area contributed by atoms with Crippen LogP contribution in [0, 0.1) is 6.92 Å². The summed E-state index contributed by atoms with van der Waals surface area (Å²) in [4.78, 5) is 11.8. The Balaban J connectivity index is 1.89. The van der Waals surface area contributed by atoms with Crippen LogP contribution >= 0.6 is 11.3 Å². The van der Waals surface area contributed by atoms with Crippen LogP contribution in [-0.4, -0.2) is 12.6 Å². The summed E-state index contributed by atoms with van der Waals surface area (Å²) in [6, 6.07) is 7.24. The molecule has 0 aliphatic rings. The van der Waals surface area contributed by atoms with E-state index in [1.807, 2.05) is 24.4 Å². The van der Waals surface area contributed by atoms with Gasteiger partial charge in [0.2, 0.25) is 0 Å². The minimum Gasteiger partial charge on any atom is -0.462 e. The van der Waals surface area contributed by atoms with Crippen molar-refractivity contribution in [1.82, 2.24) is 0 Å². The molecule has 0 bridgehead atoms. The number of hydrogen-bond acceptors (Lipinski definition) is 4. The molecule has 0 unspecified atom stereocenters. The van der Waals surface area contributed by atoms with Crippen LogP contribution in [0.3, 0.4) is 0 Å². The molecule has 94 valence electrons. The standard InChI is InChI=1S/C14H15NO2S/c1-10-2-3-12(8-13(10)15)14(16)17-6-4-11-5-7-18-9-11/h2-3,5,7-9H,4,6,15H2,1H3. The fourth-order valence-corrected chi connectivity index (χ4v) is 2.25. The van der Waals surface area contributed by atoms with Crippen molar-refractivity contribution in [2.75, 3.05) is 12.3 Å². The minimum absolute atomic E-state index is 0.322. The van der Waals surface area contributed by atoms with E-state index in [9.17, 15) is 4.79 Å². The van der Waals surface area contributed by atoms with E-state index < -0.39 is 0 Å². The quantitative estimate of drug-likeness (QED) is 0.680. The third-order valence-corrected chi connectivity index (χ3v) is 3.45. The van der Waals surface area contributed by atoms with Gasteiger partial charge in [0.25, 0.3) is 0 Å².